The van der Waals surface area contributed by atoms with E-state index in [1.54, 1.807) is 0 Å². The van der Waals surface area contributed by atoms with Gasteiger partial charge in [0.15, 0.2) is 0 Å². The monoisotopic (exact) mass is 238 g/mol. The number of fused-ring (bicyclic) bond motifs is 1. The molecular formula is C14H26N2O. The third kappa shape index (κ3) is 3.01. The number of nitrogens with zero attached hydrogens (tertiary/aromatic N) is 1. The second kappa shape index (κ2) is 5.68. The molecule has 3 atom stereocenters. The summed E-state index contributed by atoms with van der Waals surface area (Å²) in [6.07, 6.45) is 8.56. The predicted octanol–water partition coefficient (Wildman–Crippen LogP) is 1.63. The van der Waals surface area contributed by atoms with Crippen LogP contribution in [0.4, 0.5) is 0 Å². The highest BCUT2D eigenvalue weighted by Crippen LogP contribution is 2.25. The van der Waals surface area contributed by atoms with Crippen molar-refractivity contribution < 1.29 is 4.74 Å². The summed E-state index contributed by atoms with van der Waals surface area (Å²) < 4.78 is 5.71. The average molecular weight is 238 g/mol. The summed E-state index contributed by atoms with van der Waals surface area (Å²) >= 11 is 0. The van der Waals surface area contributed by atoms with Crippen LogP contribution in [0.2, 0.25) is 0 Å². The number of piperidine rings is 2. The number of hydrogen-bond acceptors (Lipinski definition) is 3. The van der Waals surface area contributed by atoms with E-state index in [-0.39, 0.29) is 0 Å². The molecule has 98 valence electrons. The zero-order valence-corrected chi connectivity index (χ0v) is 10.9. The topological polar surface area (TPSA) is 24.5 Å². The molecule has 3 heteroatoms. The molecule has 0 radical (unpaired) electrons. The Morgan fingerprint density at radius 2 is 2.18 bits per heavy atom. The molecule has 17 heavy (non-hydrogen) atoms. The van der Waals surface area contributed by atoms with Crippen molar-refractivity contribution in [3.8, 4) is 0 Å². The Bertz CT molecular complexity index is 240. The fourth-order valence-corrected chi connectivity index (χ4v) is 3.72. The molecule has 3 saturated heterocycles. The van der Waals surface area contributed by atoms with Crippen LogP contribution in [-0.4, -0.2) is 49.8 Å². The van der Waals surface area contributed by atoms with Gasteiger partial charge in [0.1, 0.15) is 0 Å². The molecule has 3 aliphatic rings. The van der Waals surface area contributed by atoms with Gasteiger partial charge in [-0.15, -0.1) is 0 Å². The second-order valence-corrected chi connectivity index (χ2v) is 5.98. The van der Waals surface area contributed by atoms with Gasteiger partial charge in [-0.25, -0.2) is 0 Å². The Kier molecular flexibility index (Phi) is 3.99. The van der Waals surface area contributed by atoms with E-state index in [1.165, 1.54) is 64.7 Å². The van der Waals surface area contributed by atoms with Crippen LogP contribution in [0.3, 0.4) is 0 Å². The van der Waals surface area contributed by atoms with Crippen LogP contribution in [0.25, 0.3) is 0 Å². The van der Waals surface area contributed by atoms with E-state index >= 15 is 0 Å². The van der Waals surface area contributed by atoms with E-state index in [0.29, 0.717) is 6.10 Å². The lowest BCUT2D eigenvalue weighted by molar-refractivity contribution is 0.0709. The van der Waals surface area contributed by atoms with E-state index in [1.807, 2.05) is 0 Å². The van der Waals surface area contributed by atoms with Crippen molar-refractivity contribution in [2.75, 3.05) is 32.8 Å². The molecule has 3 aliphatic heterocycles. The van der Waals surface area contributed by atoms with Crippen molar-refractivity contribution in [2.45, 2.75) is 50.7 Å². The Morgan fingerprint density at radius 1 is 1.18 bits per heavy atom. The quantitative estimate of drug-likeness (QED) is 0.809. The molecule has 0 aliphatic carbocycles. The molecule has 3 unspecified atom stereocenters. The van der Waals surface area contributed by atoms with Gasteiger partial charge < -0.3 is 15.0 Å². The molecule has 0 spiro atoms. The van der Waals surface area contributed by atoms with Crippen molar-refractivity contribution in [1.29, 1.82) is 0 Å². The first kappa shape index (κ1) is 11.9. The summed E-state index contributed by atoms with van der Waals surface area (Å²) in [6, 6.07) is 0.822. The van der Waals surface area contributed by atoms with Crippen molar-refractivity contribution in [1.82, 2.24) is 10.2 Å². The summed E-state index contributed by atoms with van der Waals surface area (Å²) in [4.78, 5) is 2.68. The van der Waals surface area contributed by atoms with Crippen molar-refractivity contribution >= 4 is 0 Å². The average Bonchev–Trinajstić information content (AvgIpc) is 2.89. The number of hydrogen-bond donors (Lipinski definition) is 1. The van der Waals surface area contributed by atoms with Crippen LogP contribution in [0.5, 0.6) is 0 Å². The smallest absolute Gasteiger partial charge is 0.0588 e. The molecular weight excluding hydrogens is 212 g/mol. The second-order valence-electron chi connectivity index (χ2n) is 5.98. The highest BCUT2D eigenvalue weighted by molar-refractivity contribution is 4.88. The first-order valence-electron chi connectivity index (χ1n) is 7.49. The standard InChI is InChI=1S/C14H26N2O/c1-3-12-11-16(9-6-14(12)15-7-1)8-5-13-4-2-10-17-13/h12-15H,1-11H2. The van der Waals surface area contributed by atoms with Crippen LogP contribution in [-0.2, 0) is 4.74 Å². The molecule has 3 nitrogen and oxygen atoms in total. The minimum absolute atomic E-state index is 0.567. The molecule has 3 rings (SSSR count). The summed E-state index contributed by atoms with van der Waals surface area (Å²) in [6.45, 7) is 6.12. The van der Waals surface area contributed by atoms with Gasteiger partial charge in [-0.3, -0.25) is 0 Å². The summed E-state index contributed by atoms with van der Waals surface area (Å²) in [7, 11) is 0. The molecule has 0 bridgehead atoms. The maximum Gasteiger partial charge on any atom is 0.0588 e. The van der Waals surface area contributed by atoms with E-state index in [9.17, 15) is 0 Å². The fourth-order valence-electron chi connectivity index (χ4n) is 3.72. The van der Waals surface area contributed by atoms with E-state index in [0.717, 1.165) is 18.6 Å². The lowest BCUT2D eigenvalue weighted by Crippen LogP contribution is -2.52. The van der Waals surface area contributed by atoms with Gasteiger partial charge in [0.25, 0.3) is 0 Å². The summed E-state index contributed by atoms with van der Waals surface area (Å²) in [5.41, 5.74) is 0. The Hall–Kier alpha value is -0.120. The molecule has 3 fully saturated rings. The summed E-state index contributed by atoms with van der Waals surface area (Å²) in [5.74, 6) is 0.919. The third-order valence-corrected chi connectivity index (χ3v) is 4.77. The molecule has 0 amide bonds. The zero-order chi connectivity index (χ0) is 11.5. The maximum absolute atomic E-state index is 5.71. The molecule has 0 aromatic heterocycles. The Balaban J connectivity index is 1.42. The lowest BCUT2D eigenvalue weighted by Gasteiger charge is -2.42. The van der Waals surface area contributed by atoms with Gasteiger partial charge in [-0.2, -0.15) is 0 Å². The highest BCUT2D eigenvalue weighted by atomic mass is 16.5. The predicted molar refractivity (Wildman–Crippen MR) is 69.2 cm³/mol. The Labute approximate surface area is 105 Å². The van der Waals surface area contributed by atoms with Gasteiger partial charge in [-0.1, -0.05) is 0 Å². The normalized spacial score (nSPS) is 39.2. The zero-order valence-electron chi connectivity index (χ0n) is 10.9. The van der Waals surface area contributed by atoms with Crippen LogP contribution in [0, 0.1) is 5.92 Å². The molecule has 1 N–H and O–H groups in total. The van der Waals surface area contributed by atoms with E-state index in [2.05, 4.69) is 10.2 Å². The number of likely N-dealkylation sites (tertiary alicyclic amines) is 1. The van der Waals surface area contributed by atoms with Crippen molar-refractivity contribution in [3.05, 3.63) is 0 Å². The number of ether oxygens (including phenoxy) is 1. The SMILES string of the molecule is C1COC(CCN2CCC3NCCCC3C2)C1. The van der Waals surface area contributed by atoms with Gasteiger partial charge in [0, 0.05) is 25.7 Å². The summed E-state index contributed by atoms with van der Waals surface area (Å²) in [5, 5.41) is 3.69. The first-order chi connectivity index (χ1) is 8.42. The van der Waals surface area contributed by atoms with Crippen LogP contribution in [0.1, 0.15) is 38.5 Å². The van der Waals surface area contributed by atoms with Gasteiger partial charge in [0.05, 0.1) is 6.10 Å². The minimum atomic E-state index is 0.567. The molecule has 0 saturated carbocycles. The van der Waals surface area contributed by atoms with Crippen LogP contribution < -0.4 is 5.32 Å². The van der Waals surface area contributed by atoms with Crippen molar-refractivity contribution in [2.24, 2.45) is 5.92 Å². The van der Waals surface area contributed by atoms with E-state index in [4.69, 9.17) is 4.74 Å². The van der Waals surface area contributed by atoms with E-state index < -0.39 is 0 Å². The minimum Gasteiger partial charge on any atom is -0.378 e. The van der Waals surface area contributed by atoms with Crippen LogP contribution >= 0.6 is 0 Å². The lowest BCUT2D eigenvalue weighted by atomic mass is 9.85. The number of rotatable bonds is 3. The van der Waals surface area contributed by atoms with Crippen LogP contribution in [0.15, 0.2) is 0 Å². The molecule has 3 heterocycles. The molecule has 0 aromatic carbocycles. The fraction of sp³-hybridized carbons (Fsp3) is 1.00. The van der Waals surface area contributed by atoms with Gasteiger partial charge >= 0.3 is 0 Å². The van der Waals surface area contributed by atoms with Gasteiger partial charge in [-0.05, 0) is 57.5 Å². The Morgan fingerprint density at radius 3 is 3.06 bits per heavy atom. The largest absolute Gasteiger partial charge is 0.378 e. The maximum atomic E-state index is 5.71. The van der Waals surface area contributed by atoms with Gasteiger partial charge in [0.2, 0.25) is 0 Å². The number of nitrogens with one attached hydrogen (secondary N) is 1. The third-order valence-electron chi connectivity index (χ3n) is 4.77. The van der Waals surface area contributed by atoms with Crippen molar-refractivity contribution in [3.63, 3.8) is 0 Å². The molecule has 0 aromatic rings. The first-order valence-corrected chi connectivity index (χ1v) is 7.49. The highest BCUT2D eigenvalue weighted by Gasteiger charge is 2.31.